The standard InChI is InChI=1S/C11H13NO4/c1-7(11(14)15)16-9-4-2-8(3-5-9)6-10(12)13/h2-5,7H,6H2,1H3,(H2,12,13)(H,14,15). The molecule has 0 aliphatic rings. The van der Waals surface area contributed by atoms with Crippen molar-refractivity contribution in [1.29, 1.82) is 0 Å². The predicted octanol–water partition coefficient (Wildman–Crippen LogP) is 0.566. The summed E-state index contributed by atoms with van der Waals surface area (Å²) in [4.78, 5) is 21.2. The first-order valence-corrected chi connectivity index (χ1v) is 4.75. The van der Waals surface area contributed by atoms with Gasteiger partial charge < -0.3 is 15.6 Å². The van der Waals surface area contributed by atoms with Crippen molar-refractivity contribution in [2.24, 2.45) is 5.73 Å². The van der Waals surface area contributed by atoms with E-state index in [4.69, 9.17) is 15.6 Å². The number of hydrogen-bond donors (Lipinski definition) is 2. The van der Waals surface area contributed by atoms with Gasteiger partial charge in [0.15, 0.2) is 6.10 Å². The molecule has 1 amide bonds. The monoisotopic (exact) mass is 223 g/mol. The van der Waals surface area contributed by atoms with Crippen molar-refractivity contribution in [2.75, 3.05) is 0 Å². The third-order valence-electron chi connectivity index (χ3n) is 1.96. The molecule has 1 aromatic carbocycles. The lowest BCUT2D eigenvalue weighted by atomic mass is 10.1. The lowest BCUT2D eigenvalue weighted by Crippen LogP contribution is -2.22. The van der Waals surface area contributed by atoms with Gasteiger partial charge in [-0.1, -0.05) is 12.1 Å². The molecule has 0 aliphatic carbocycles. The number of primary amides is 1. The molecule has 1 atom stereocenters. The van der Waals surface area contributed by atoms with Gasteiger partial charge in [-0.05, 0) is 24.6 Å². The number of carboxylic acid groups (broad SMARTS) is 1. The number of carbonyl (C=O) groups is 2. The van der Waals surface area contributed by atoms with E-state index in [9.17, 15) is 9.59 Å². The third kappa shape index (κ3) is 3.61. The van der Waals surface area contributed by atoms with E-state index in [0.29, 0.717) is 5.75 Å². The molecule has 5 heteroatoms. The minimum atomic E-state index is -1.03. The molecule has 0 spiro atoms. The van der Waals surface area contributed by atoms with Gasteiger partial charge >= 0.3 is 5.97 Å². The average molecular weight is 223 g/mol. The van der Waals surface area contributed by atoms with Crippen molar-refractivity contribution >= 4 is 11.9 Å². The molecule has 0 heterocycles. The minimum absolute atomic E-state index is 0.161. The van der Waals surface area contributed by atoms with Crippen LogP contribution in [-0.4, -0.2) is 23.1 Å². The Morgan fingerprint density at radius 1 is 1.38 bits per heavy atom. The average Bonchev–Trinajstić information content (AvgIpc) is 2.20. The first-order chi connectivity index (χ1) is 7.49. The molecule has 0 fully saturated rings. The molecule has 86 valence electrons. The molecule has 1 unspecified atom stereocenters. The van der Waals surface area contributed by atoms with Gasteiger partial charge in [0.1, 0.15) is 5.75 Å². The van der Waals surface area contributed by atoms with Gasteiger partial charge in [0.25, 0.3) is 0 Å². The van der Waals surface area contributed by atoms with E-state index in [1.807, 2.05) is 0 Å². The highest BCUT2D eigenvalue weighted by atomic mass is 16.5. The van der Waals surface area contributed by atoms with E-state index >= 15 is 0 Å². The Balaban J connectivity index is 2.64. The number of rotatable bonds is 5. The van der Waals surface area contributed by atoms with Gasteiger partial charge in [-0.15, -0.1) is 0 Å². The maximum absolute atomic E-state index is 10.6. The Labute approximate surface area is 92.8 Å². The molecule has 0 aliphatic heterocycles. The van der Waals surface area contributed by atoms with Crippen LogP contribution in [0, 0.1) is 0 Å². The molecule has 1 aromatic rings. The summed E-state index contributed by atoms with van der Waals surface area (Å²) in [6.07, 6.45) is -0.739. The number of aliphatic carboxylic acids is 1. The van der Waals surface area contributed by atoms with Crippen LogP contribution in [0.1, 0.15) is 12.5 Å². The van der Waals surface area contributed by atoms with Crippen molar-refractivity contribution in [3.63, 3.8) is 0 Å². The lowest BCUT2D eigenvalue weighted by molar-refractivity contribution is -0.144. The van der Waals surface area contributed by atoms with Crippen LogP contribution in [0.2, 0.25) is 0 Å². The summed E-state index contributed by atoms with van der Waals surface area (Å²) < 4.78 is 5.12. The Hall–Kier alpha value is -2.04. The van der Waals surface area contributed by atoms with E-state index in [0.717, 1.165) is 5.56 Å². The third-order valence-corrected chi connectivity index (χ3v) is 1.96. The van der Waals surface area contributed by atoms with Gasteiger partial charge in [0, 0.05) is 0 Å². The van der Waals surface area contributed by atoms with E-state index in [-0.39, 0.29) is 6.42 Å². The number of nitrogens with two attached hydrogens (primary N) is 1. The summed E-state index contributed by atoms with van der Waals surface area (Å²) in [5.74, 6) is -0.989. The molecular weight excluding hydrogens is 210 g/mol. The normalized spacial score (nSPS) is 11.8. The van der Waals surface area contributed by atoms with Crippen molar-refractivity contribution < 1.29 is 19.4 Å². The minimum Gasteiger partial charge on any atom is -0.479 e. The second kappa shape index (κ2) is 5.16. The SMILES string of the molecule is CC(Oc1ccc(CC(N)=O)cc1)C(=O)O. The summed E-state index contributed by atoms with van der Waals surface area (Å²) in [6, 6.07) is 6.57. The fourth-order valence-corrected chi connectivity index (χ4v) is 1.14. The van der Waals surface area contributed by atoms with Gasteiger partial charge in [-0.25, -0.2) is 4.79 Å². The highest BCUT2D eigenvalue weighted by molar-refractivity contribution is 5.76. The van der Waals surface area contributed by atoms with Crippen molar-refractivity contribution in [2.45, 2.75) is 19.4 Å². The zero-order chi connectivity index (χ0) is 12.1. The van der Waals surface area contributed by atoms with Crippen LogP contribution < -0.4 is 10.5 Å². The lowest BCUT2D eigenvalue weighted by Gasteiger charge is -2.10. The number of ether oxygens (including phenoxy) is 1. The van der Waals surface area contributed by atoms with Crippen LogP contribution in [0.3, 0.4) is 0 Å². The molecule has 0 saturated heterocycles. The van der Waals surface area contributed by atoms with E-state index in [2.05, 4.69) is 0 Å². The second-order valence-corrected chi connectivity index (χ2v) is 3.39. The molecule has 0 radical (unpaired) electrons. The Morgan fingerprint density at radius 2 is 1.94 bits per heavy atom. The highest BCUT2D eigenvalue weighted by Crippen LogP contribution is 2.14. The van der Waals surface area contributed by atoms with Crippen LogP contribution in [0.4, 0.5) is 0 Å². The Morgan fingerprint density at radius 3 is 2.38 bits per heavy atom. The van der Waals surface area contributed by atoms with Crippen LogP contribution in [0.25, 0.3) is 0 Å². The summed E-state index contributed by atoms with van der Waals surface area (Å²) in [5.41, 5.74) is 5.80. The number of amides is 1. The Bertz CT molecular complexity index is 385. The maximum Gasteiger partial charge on any atom is 0.344 e. The van der Waals surface area contributed by atoms with Gasteiger partial charge in [0.05, 0.1) is 6.42 Å². The van der Waals surface area contributed by atoms with Gasteiger partial charge in [-0.2, -0.15) is 0 Å². The largest absolute Gasteiger partial charge is 0.479 e. The Kier molecular flexibility index (Phi) is 3.88. The van der Waals surface area contributed by atoms with Gasteiger partial charge in [-0.3, -0.25) is 4.79 Å². The summed E-state index contributed by atoms with van der Waals surface area (Å²) >= 11 is 0. The van der Waals surface area contributed by atoms with Crippen LogP contribution >= 0.6 is 0 Å². The molecule has 3 N–H and O–H groups in total. The summed E-state index contributed by atoms with van der Waals surface area (Å²) in [7, 11) is 0. The van der Waals surface area contributed by atoms with E-state index < -0.39 is 18.0 Å². The predicted molar refractivity (Wildman–Crippen MR) is 57.1 cm³/mol. The molecule has 0 aromatic heterocycles. The van der Waals surface area contributed by atoms with Crippen LogP contribution in [0.15, 0.2) is 24.3 Å². The van der Waals surface area contributed by atoms with Gasteiger partial charge in [0.2, 0.25) is 5.91 Å². The quantitative estimate of drug-likeness (QED) is 0.763. The maximum atomic E-state index is 10.6. The summed E-state index contributed by atoms with van der Waals surface area (Å²) in [5, 5.41) is 8.63. The summed E-state index contributed by atoms with van der Waals surface area (Å²) in [6.45, 7) is 1.44. The smallest absolute Gasteiger partial charge is 0.344 e. The van der Waals surface area contributed by atoms with Crippen LogP contribution in [-0.2, 0) is 16.0 Å². The number of carbonyl (C=O) groups excluding carboxylic acids is 1. The van der Waals surface area contributed by atoms with Crippen molar-refractivity contribution in [3.8, 4) is 5.75 Å². The molecular formula is C11H13NO4. The fourth-order valence-electron chi connectivity index (χ4n) is 1.14. The highest BCUT2D eigenvalue weighted by Gasteiger charge is 2.12. The topological polar surface area (TPSA) is 89.6 Å². The van der Waals surface area contributed by atoms with Crippen molar-refractivity contribution in [1.82, 2.24) is 0 Å². The van der Waals surface area contributed by atoms with Crippen LogP contribution in [0.5, 0.6) is 5.75 Å². The van der Waals surface area contributed by atoms with Crippen molar-refractivity contribution in [3.05, 3.63) is 29.8 Å². The first kappa shape index (κ1) is 12.0. The molecule has 5 nitrogen and oxygen atoms in total. The zero-order valence-electron chi connectivity index (χ0n) is 8.84. The molecule has 0 saturated carbocycles. The number of benzene rings is 1. The number of hydrogen-bond acceptors (Lipinski definition) is 3. The zero-order valence-corrected chi connectivity index (χ0v) is 8.84. The fraction of sp³-hybridized carbons (Fsp3) is 0.273. The van der Waals surface area contributed by atoms with E-state index in [1.54, 1.807) is 24.3 Å². The molecule has 0 bridgehead atoms. The number of carboxylic acids is 1. The first-order valence-electron chi connectivity index (χ1n) is 4.75. The van der Waals surface area contributed by atoms with E-state index in [1.165, 1.54) is 6.92 Å². The molecule has 1 rings (SSSR count). The molecule has 16 heavy (non-hydrogen) atoms. The second-order valence-electron chi connectivity index (χ2n) is 3.39.